The number of ether oxygens (including phenoxy) is 2. The third kappa shape index (κ3) is 5.28. The SMILES string of the molecule is CCOc1cc(/C=C2/NC(=O)N(Cc3ccccc3)C2=O)cc(Br)c1OCc1ccccc1F. The van der Waals surface area contributed by atoms with Crippen LogP contribution in [0.15, 0.2) is 76.9 Å². The molecular formula is C26H22BrFN2O4. The number of rotatable bonds is 8. The Morgan fingerprint density at radius 3 is 2.50 bits per heavy atom. The minimum atomic E-state index is -0.478. The minimum absolute atomic E-state index is 0.0226. The number of carbonyl (C=O) groups is 2. The predicted octanol–water partition coefficient (Wildman–Crippen LogP) is 5.66. The first-order valence-corrected chi connectivity index (χ1v) is 11.5. The molecule has 0 aromatic heterocycles. The van der Waals surface area contributed by atoms with Gasteiger partial charge in [-0.3, -0.25) is 9.69 Å². The fraction of sp³-hybridized carbons (Fsp3) is 0.154. The first kappa shape index (κ1) is 23.5. The number of nitrogens with one attached hydrogen (secondary N) is 1. The molecule has 3 aromatic carbocycles. The third-order valence-corrected chi connectivity index (χ3v) is 5.71. The molecule has 0 atom stereocenters. The highest BCUT2D eigenvalue weighted by Crippen LogP contribution is 2.38. The summed E-state index contributed by atoms with van der Waals surface area (Å²) in [5.41, 5.74) is 2.06. The van der Waals surface area contributed by atoms with E-state index in [4.69, 9.17) is 9.47 Å². The number of carbonyl (C=O) groups excluding carboxylic acids is 2. The van der Waals surface area contributed by atoms with Crippen LogP contribution in [0.5, 0.6) is 11.5 Å². The highest BCUT2D eigenvalue weighted by atomic mass is 79.9. The smallest absolute Gasteiger partial charge is 0.329 e. The number of nitrogens with zero attached hydrogens (tertiary/aromatic N) is 1. The monoisotopic (exact) mass is 524 g/mol. The van der Waals surface area contributed by atoms with Crippen LogP contribution in [-0.4, -0.2) is 23.4 Å². The van der Waals surface area contributed by atoms with Crippen molar-refractivity contribution in [3.8, 4) is 11.5 Å². The van der Waals surface area contributed by atoms with Gasteiger partial charge in [-0.25, -0.2) is 9.18 Å². The molecule has 0 unspecified atom stereocenters. The van der Waals surface area contributed by atoms with Gasteiger partial charge in [-0.1, -0.05) is 48.5 Å². The van der Waals surface area contributed by atoms with Gasteiger partial charge in [0.25, 0.3) is 5.91 Å². The van der Waals surface area contributed by atoms with E-state index < -0.39 is 11.9 Å². The lowest BCUT2D eigenvalue weighted by Gasteiger charge is -2.15. The van der Waals surface area contributed by atoms with Crippen LogP contribution in [0.4, 0.5) is 9.18 Å². The van der Waals surface area contributed by atoms with Gasteiger partial charge in [0.15, 0.2) is 11.5 Å². The van der Waals surface area contributed by atoms with E-state index in [2.05, 4.69) is 21.2 Å². The van der Waals surface area contributed by atoms with E-state index in [0.29, 0.717) is 33.7 Å². The molecule has 8 heteroatoms. The molecule has 1 fully saturated rings. The van der Waals surface area contributed by atoms with E-state index in [9.17, 15) is 14.0 Å². The maximum absolute atomic E-state index is 14.0. The molecule has 1 aliphatic rings. The largest absolute Gasteiger partial charge is 0.490 e. The molecule has 3 aromatic rings. The fourth-order valence-electron chi connectivity index (χ4n) is 3.49. The summed E-state index contributed by atoms with van der Waals surface area (Å²) in [6.07, 6.45) is 1.58. The average molecular weight is 525 g/mol. The Kier molecular flexibility index (Phi) is 7.27. The Labute approximate surface area is 205 Å². The van der Waals surface area contributed by atoms with E-state index in [-0.39, 0.29) is 24.7 Å². The number of imide groups is 1. The number of hydrogen-bond donors (Lipinski definition) is 1. The number of halogens is 2. The number of amides is 3. The Morgan fingerprint density at radius 2 is 1.76 bits per heavy atom. The lowest BCUT2D eigenvalue weighted by Crippen LogP contribution is -2.30. The minimum Gasteiger partial charge on any atom is -0.490 e. The molecule has 1 saturated heterocycles. The van der Waals surface area contributed by atoms with Crippen molar-refractivity contribution >= 4 is 33.9 Å². The maximum Gasteiger partial charge on any atom is 0.329 e. The van der Waals surface area contributed by atoms with Crippen molar-refractivity contribution in [2.75, 3.05) is 6.61 Å². The lowest BCUT2D eigenvalue weighted by molar-refractivity contribution is -0.123. The standard InChI is InChI=1S/C26H22BrFN2O4/c1-2-33-23-14-18(12-20(27)24(23)34-16-19-10-6-7-11-21(19)28)13-22-25(31)30(26(32)29-22)15-17-8-4-3-5-9-17/h3-14H,2,15-16H2,1H3,(H,29,32)/b22-13+. The zero-order valence-electron chi connectivity index (χ0n) is 18.4. The van der Waals surface area contributed by atoms with Gasteiger partial charge in [-0.05, 0) is 58.3 Å². The first-order chi connectivity index (χ1) is 16.5. The topological polar surface area (TPSA) is 67.9 Å². The van der Waals surface area contributed by atoms with Crippen molar-refractivity contribution in [1.29, 1.82) is 0 Å². The van der Waals surface area contributed by atoms with Crippen molar-refractivity contribution in [3.63, 3.8) is 0 Å². The molecule has 174 valence electrons. The van der Waals surface area contributed by atoms with Gasteiger partial charge in [-0.2, -0.15) is 0 Å². The van der Waals surface area contributed by atoms with Gasteiger partial charge in [0, 0.05) is 5.56 Å². The Hall–Kier alpha value is -3.65. The van der Waals surface area contributed by atoms with Crippen LogP contribution in [0, 0.1) is 5.82 Å². The van der Waals surface area contributed by atoms with E-state index >= 15 is 0 Å². The van der Waals surface area contributed by atoms with Crippen LogP contribution in [-0.2, 0) is 17.9 Å². The van der Waals surface area contributed by atoms with Crippen molar-refractivity contribution in [1.82, 2.24) is 10.2 Å². The summed E-state index contributed by atoms with van der Waals surface area (Å²) in [5.74, 6) is 0.0778. The second kappa shape index (κ2) is 10.5. The van der Waals surface area contributed by atoms with Crippen LogP contribution < -0.4 is 14.8 Å². The highest BCUT2D eigenvalue weighted by molar-refractivity contribution is 9.10. The normalized spacial score (nSPS) is 14.4. The highest BCUT2D eigenvalue weighted by Gasteiger charge is 2.33. The zero-order valence-corrected chi connectivity index (χ0v) is 20.0. The lowest BCUT2D eigenvalue weighted by atomic mass is 10.1. The Morgan fingerprint density at radius 1 is 1.03 bits per heavy atom. The van der Waals surface area contributed by atoms with Gasteiger partial charge in [-0.15, -0.1) is 0 Å². The molecular weight excluding hydrogens is 503 g/mol. The first-order valence-electron chi connectivity index (χ1n) is 10.7. The quantitative estimate of drug-likeness (QED) is 0.305. The molecule has 1 aliphatic heterocycles. The Balaban J connectivity index is 1.56. The van der Waals surface area contributed by atoms with Crippen molar-refractivity contribution < 1.29 is 23.5 Å². The summed E-state index contributed by atoms with van der Waals surface area (Å²) < 4.78 is 26.1. The van der Waals surface area contributed by atoms with Gasteiger partial charge in [0.1, 0.15) is 18.1 Å². The summed E-state index contributed by atoms with van der Waals surface area (Å²) in [4.78, 5) is 26.4. The molecule has 0 aliphatic carbocycles. The summed E-state index contributed by atoms with van der Waals surface area (Å²) in [6, 6.07) is 18.6. The van der Waals surface area contributed by atoms with E-state index in [1.54, 1.807) is 36.4 Å². The van der Waals surface area contributed by atoms with Gasteiger partial charge in [0.05, 0.1) is 17.6 Å². The van der Waals surface area contributed by atoms with Crippen LogP contribution in [0.3, 0.4) is 0 Å². The molecule has 6 nitrogen and oxygen atoms in total. The summed E-state index contributed by atoms with van der Waals surface area (Å²) in [6.45, 7) is 2.42. The number of hydrogen-bond acceptors (Lipinski definition) is 4. The van der Waals surface area contributed by atoms with Crippen molar-refractivity contribution in [2.24, 2.45) is 0 Å². The van der Waals surface area contributed by atoms with E-state index in [0.717, 1.165) is 10.5 Å². The number of benzene rings is 3. The molecule has 0 bridgehead atoms. The molecule has 0 radical (unpaired) electrons. The van der Waals surface area contributed by atoms with Crippen LogP contribution >= 0.6 is 15.9 Å². The van der Waals surface area contributed by atoms with Gasteiger partial charge >= 0.3 is 6.03 Å². The fourth-order valence-corrected chi connectivity index (χ4v) is 4.06. The maximum atomic E-state index is 14.0. The molecule has 0 spiro atoms. The predicted molar refractivity (Wildman–Crippen MR) is 130 cm³/mol. The van der Waals surface area contributed by atoms with Crippen LogP contribution in [0.1, 0.15) is 23.6 Å². The molecule has 4 rings (SSSR count). The van der Waals surface area contributed by atoms with Gasteiger partial charge < -0.3 is 14.8 Å². The molecule has 1 heterocycles. The second-order valence-electron chi connectivity index (χ2n) is 7.51. The van der Waals surface area contributed by atoms with Crippen molar-refractivity contribution in [3.05, 3.63) is 99.4 Å². The Bertz CT molecular complexity index is 1250. The zero-order chi connectivity index (χ0) is 24.1. The second-order valence-corrected chi connectivity index (χ2v) is 8.36. The van der Waals surface area contributed by atoms with E-state index in [1.807, 2.05) is 37.3 Å². The molecule has 0 saturated carbocycles. The van der Waals surface area contributed by atoms with Gasteiger partial charge in [0.2, 0.25) is 0 Å². The number of urea groups is 1. The van der Waals surface area contributed by atoms with Crippen LogP contribution in [0.25, 0.3) is 6.08 Å². The average Bonchev–Trinajstić information content (AvgIpc) is 3.08. The summed E-state index contributed by atoms with van der Waals surface area (Å²) >= 11 is 3.48. The van der Waals surface area contributed by atoms with Crippen molar-refractivity contribution in [2.45, 2.75) is 20.1 Å². The summed E-state index contributed by atoms with van der Waals surface area (Å²) in [5, 5.41) is 2.63. The van der Waals surface area contributed by atoms with E-state index in [1.165, 1.54) is 6.07 Å². The molecule has 34 heavy (non-hydrogen) atoms. The summed E-state index contributed by atoms with van der Waals surface area (Å²) in [7, 11) is 0. The third-order valence-electron chi connectivity index (χ3n) is 5.12. The van der Waals surface area contributed by atoms with Crippen LogP contribution in [0.2, 0.25) is 0 Å². The molecule has 3 amide bonds. The molecule has 1 N–H and O–H groups in total.